The van der Waals surface area contributed by atoms with Crippen molar-refractivity contribution in [2.75, 3.05) is 19.0 Å². The molecule has 2 rings (SSSR count). The van der Waals surface area contributed by atoms with E-state index in [2.05, 4.69) is 17.0 Å². The molecule has 22 heavy (non-hydrogen) atoms. The second-order valence-corrected chi connectivity index (χ2v) is 5.46. The van der Waals surface area contributed by atoms with E-state index in [0.717, 1.165) is 11.3 Å². The van der Waals surface area contributed by atoms with Gasteiger partial charge < -0.3 is 4.90 Å². The molecule has 0 saturated carbocycles. The standard InChI is InChI=1S/C19H18ClNO/c1-21(2)16-13-11-15(12-14-16)7-3-6-10-19(22)17-8-4-5-9-18(17)20/h3-14H,1-2H3/b7-3+,10-6+. The van der Waals surface area contributed by atoms with Crippen molar-refractivity contribution < 1.29 is 4.79 Å². The molecule has 0 aliphatic carbocycles. The smallest absolute Gasteiger partial charge is 0.187 e. The topological polar surface area (TPSA) is 20.3 Å². The largest absolute Gasteiger partial charge is 0.378 e. The third-order valence-corrected chi connectivity index (χ3v) is 3.53. The number of rotatable bonds is 5. The van der Waals surface area contributed by atoms with Gasteiger partial charge in [0.2, 0.25) is 0 Å². The van der Waals surface area contributed by atoms with Gasteiger partial charge in [-0.15, -0.1) is 0 Å². The first-order chi connectivity index (χ1) is 10.6. The van der Waals surface area contributed by atoms with Gasteiger partial charge in [-0.1, -0.05) is 54.1 Å². The molecule has 0 aliphatic heterocycles. The third-order valence-electron chi connectivity index (χ3n) is 3.20. The molecule has 2 aromatic rings. The SMILES string of the molecule is CN(C)c1ccc(/C=C/C=C/C(=O)c2ccccc2Cl)cc1. The molecule has 0 heterocycles. The van der Waals surface area contributed by atoms with Gasteiger partial charge in [0, 0.05) is 25.3 Å². The van der Waals surface area contributed by atoms with Gasteiger partial charge in [0.15, 0.2) is 5.78 Å². The summed E-state index contributed by atoms with van der Waals surface area (Å²) in [5.74, 6) is -0.0989. The van der Waals surface area contributed by atoms with Crippen LogP contribution in [0, 0.1) is 0 Å². The Bertz CT molecular complexity index is 700. The van der Waals surface area contributed by atoms with Crippen LogP contribution in [-0.2, 0) is 0 Å². The minimum atomic E-state index is -0.0989. The lowest BCUT2D eigenvalue weighted by Crippen LogP contribution is -2.07. The fraction of sp³-hybridized carbons (Fsp3) is 0.105. The molecular weight excluding hydrogens is 294 g/mol. The molecule has 0 aromatic heterocycles. The van der Waals surface area contributed by atoms with E-state index in [1.54, 1.807) is 30.3 Å². The molecule has 0 atom stereocenters. The van der Waals surface area contributed by atoms with Gasteiger partial charge in [0.1, 0.15) is 0 Å². The molecule has 0 unspecified atom stereocenters. The molecule has 0 aliphatic rings. The van der Waals surface area contributed by atoms with Crippen molar-refractivity contribution in [2.45, 2.75) is 0 Å². The molecule has 0 N–H and O–H groups in total. The molecule has 3 heteroatoms. The highest BCUT2D eigenvalue weighted by atomic mass is 35.5. The number of benzene rings is 2. The number of carbonyl (C=O) groups is 1. The summed E-state index contributed by atoms with van der Waals surface area (Å²) >= 11 is 5.99. The van der Waals surface area contributed by atoms with Crippen LogP contribution in [-0.4, -0.2) is 19.9 Å². The number of hydrogen-bond acceptors (Lipinski definition) is 2. The quantitative estimate of drug-likeness (QED) is 0.446. The lowest BCUT2D eigenvalue weighted by Gasteiger charge is -2.11. The first-order valence-electron chi connectivity index (χ1n) is 6.99. The Hall–Kier alpha value is -2.32. The van der Waals surface area contributed by atoms with Crippen LogP contribution in [0.15, 0.2) is 66.8 Å². The number of hydrogen-bond donors (Lipinski definition) is 0. The molecule has 2 aromatic carbocycles. The molecular formula is C19H18ClNO. The maximum Gasteiger partial charge on any atom is 0.187 e. The van der Waals surface area contributed by atoms with Crippen molar-refractivity contribution in [3.8, 4) is 0 Å². The summed E-state index contributed by atoms with van der Waals surface area (Å²) in [6.07, 6.45) is 7.05. The average Bonchev–Trinajstić information content (AvgIpc) is 2.52. The molecule has 0 amide bonds. The van der Waals surface area contributed by atoms with E-state index in [1.807, 2.05) is 38.4 Å². The molecule has 0 bridgehead atoms. The van der Waals surface area contributed by atoms with Crippen molar-refractivity contribution in [1.29, 1.82) is 0 Å². The predicted octanol–water partition coefficient (Wildman–Crippen LogP) is 4.86. The fourth-order valence-electron chi connectivity index (χ4n) is 1.94. The molecule has 2 nitrogen and oxygen atoms in total. The highest BCUT2D eigenvalue weighted by Crippen LogP contribution is 2.16. The van der Waals surface area contributed by atoms with E-state index in [0.29, 0.717) is 10.6 Å². The van der Waals surface area contributed by atoms with Crippen LogP contribution in [0.4, 0.5) is 5.69 Å². The van der Waals surface area contributed by atoms with E-state index in [4.69, 9.17) is 11.6 Å². The Morgan fingerprint density at radius 1 is 1.00 bits per heavy atom. The highest BCUT2D eigenvalue weighted by molar-refractivity contribution is 6.34. The van der Waals surface area contributed by atoms with Crippen molar-refractivity contribution in [3.63, 3.8) is 0 Å². The number of anilines is 1. The minimum Gasteiger partial charge on any atom is -0.378 e. The summed E-state index contributed by atoms with van der Waals surface area (Å²) in [5, 5.41) is 0.473. The predicted molar refractivity (Wildman–Crippen MR) is 94.7 cm³/mol. The third kappa shape index (κ3) is 4.34. The van der Waals surface area contributed by atoms with Gasteiger partial charge in [-0.3, -0.25) is 4.79 Å². The molecule has 0 spiro atoms. The maximum absolute atomic E-state index is 12.0. The summed E-state index contributed by atoms with van der Waals surface area (Å²) in [7, 11) is 4.02. The zero-order valence-electron chi connectivity index (χ0n) is 12.7. The van der Waals surface area contributed by atoms with Gasteiger partial charge in [0.05, 0.1) is 5.02 Å². The fourth-order valence-corrected chi connectivity index (χ4v) is 2.17. The van der Waals surface area contributed by atoms with Crippen LogP contribution in [0.1, 0.15) is 15.9 Å². The van der Waals surface area contributed by atoms with Crippen molar-refractivity contribution in [1.82, 2.24) is 0 Å². The first-order valence-corrected chi connectivity index (χ1v) is 7.37. The van der Waals surface area contributed by atoms with Crippen LogP contribution >= 0.6 is 11.6 Å². The number of nitrogens with zero attached hydrogens (tertiary/aromatic N) is 1. The Balaban J connectivity index is 2.00. The Morgan fingerprint density at radius 3 is 2.32 bits per heavy atom. The van der Waals surface area contributed by atoms with Crippen LogP contribution in [0.5, 0.6) is 0 Å². The lowest BCUT2D eigenvalue weighted by atomic mass is 10.1. The lowest BCUT2D eigenvalue weighted by molar-refractivity contribution is 0.104. The van der Waals surface area contributed by atoms with E-state index >= 15 is 0 Å². The number of ketones is 1. The van der Waals surface area contributed by atoms with Gasteiger partial charge in [-0.25, -0.2) is 0 Å². The number of halogens is 1. The Kier molecular flexibility index (Phi) is 5.56. The number of allylic oxidation sites excluding steroid dienone is 3. The summed E-state index contributed by atoms with van der Waals surface area (Å²) in [6, 6.07) is 15.2. The Morgan fingerprint density at radius 2 is 1.68 bits per heavy atom. The molecule has 112 valence electrons. The maximum atomic E-state index is 12.0. The van der Waals surface area contributed by atoms with E-state index in [-0.39, 0.29) is 5.78 Å². The summed E-state index contributed by atoms with van der Waals surface area (Å²) in [6.45, 7) is 0. The zero-order valence-corrected chi connectivity index (χ0v) is 13.4. The van der Waals surface area contributed by atoms with Crippen molar-refractivity contribution >= 4 is 29.1 Å². The van der Waals surface area contributed by atoms with E-state index in [1.165, 1.54) is 6.08 Å². The van der Waals surface area contributed by atoms with Crippen LogP contribution < -0.4 is 4.90 Å². The van der Waals surface area contributed by atoms with E-state index in [9.17, 15) is 4.79 Å². The van der Waals surface area contributed by atoms with Gasteiger partial charge in [0.25, 0.3) is 0 Å². The van der Waals surface area contributed by atoms with E-state index < -0.39 is 0 Å². The monoisotopic (exact) mass is 311 g/mol. The molecule has 0 fully saturated rings. The average molecular weight is 312 g/mol. The van der Waals surface area contributed by atoms with Crippen LogP contribution in [0.2, 0.25) is 5.02 Å². The summed E-state index contributed by atoms with van der Waals surface area (Å²) in [4.78, 5) is 14.0. The molecule has 0 radical (unpaired) electrons. The Labute approximate surface area is 136 Å². The summed E-state index contributed by atoms with van der Waals surface area (Å²) < 4.78 is 0. The van der Waals surface area contributed by atoms with Crippen LogP contribution in [0.25, 0.3) is 6.08 Å². The molecule has 0 saturated heterocycles. The van der Waals surface area contributed by atoms with Crippen LogP contribution in [0.3, 0.4) is 0 Å². The highest BCUT2D eigenvalue weighted by Gasteiger charge is 2.04. The zero-order chi connectivity index (χ0) is 15.9. The van der Waals surface area contributed by atoms with Crippen molar-refractivity contribution in [3.05, 3.63) is 82.9 Å². The number of carbonyl (C=O) groups excluding carboxylic acids is 1. The minimum absolute atomic E-state index is 0.0989. The second-order valence-electron chi connectivity index (χ2n) is 5.05. The van der Waals surface area contributed by atoms with Gasteiger partial charge in [-0.2, -0.15) is 0 Å². The van der Waals surface area contributed by atoms with Crippen molar-refractivity contribution in [2.24, 2.45) is 0 Å². The summed E-state index contributed by atoms with van der Waals surface area (Å²) in [5.41, 5.74) is 2.76. The normalized spacial score (nSPS) is 11.2. The van der Waals surface area contributed by atoms with Gasteiger partial charge >= 0.3 is 0 Å². The first kappa shape index (κ1) is 16.1. The second kappa shape index (κ2) is 7.62. The van der Waals surface area contributed by atoms with Gasteiger partial charge in [-0.05, 0) is 35.9 Å².